The fourth-order valence-electron chi connectivity index (χ4n) is 1.13. The minimum Gasteiger partial charge on any atom is -0.299 e. The summed E-state index contributed by atoms with van der Waals surface area (Å²) in [7, 11) is 0. The predicted molar refractivity (Wildman–Crippen MR) is 73.5 cm³/mol. The van der Waals surface area contributed by atoms with Crippen molar-refractivity contribution in [2.75, 3.05) is 0 Å². The monoisotopic (exact) mass is 423 g/mol. The molecule has 14 heavy (non-hydrogen) atoms. The fraction of sp³-hybridized carbons (Fsp3) is 0.778. The molecule has 5 heteroatoms. The van der Waals surface area contributed by atoms with Crippen molar-refractivity contribution in [2.24, 2.45) is 0 Å². The molecule has 0 aliphatic carbocycles. The van der Waals surface area contributed by atoms with E-state index in [1.165, 1.54) is 0 Å². The number of amides is 1. The van der Waals surface area contributed by atoms with Crippen molar-refractivity contribution in [1.29, 1.82) is 0 Å². The Labute approximate surface area is 112 Å². The highest BCUT2D eigenvalue weighted by Crippen LogP contribution is 2.08. The van der Waals surface area contributed by atoms with Gasteiger partial charge in [-0.15, -0.1) is 0 Å². The lowest BCUT2D eigenvalue weighted by molar-refractivity contribution is -0.119. The lowest BCUT2D eigenvalue weighted by Gasteiger charge is -1.99. The smallest absolute Gasteiger partial charge is 0.228 e. The van der Waals surface area contributed by atoms with Crippen LogP contribution in [0.4, 0.5) is 0 Å². The molecule has 0 radical (unpaired) electrons. The Kier molecular flexibility index (Phi) is 10.6. The molecule has 0 unspecified atom stereocenters. The van der Waals surface area contributed by atoms with Gasteiger partial charge in [0.05, 0.1) is 22.9 Å². The van der Waals surface area contributed by atoms with Crippen LogP contribution < -0.4 is 3.53 Å². The van der Waals surface area contributed by atoms with Crippen molar-refractivity contribution in [3.05, 3.63) is 0 Å². The van der Waals surface area contributed by atoms with E-state index in [9.17, 15) is 9.59 Å². The number of rotatable bonds is 8. The second kappa shape index (κ2) is 10.1. The third-order valence-electron chi connectivity index (χ3n) is 1.88. The van der Waals surface area contributed by atoms with Gasteiger partial charge in [0.25, 0.3) is 0 Å². The Morgan fingerprint density at radius 2 is 1.43 bits per heavy atom. The van der Waals surface area contributed by atoms with E-state index in [1.807, 2.05) is 45.5 Å². The summed E-state index contributed by atoms with van der Waals surface area (Å²) in [6.07, 6.45) is 6.55. The van der Waals surface area contributed by atoms with Gasteiger partial charge in [-0.1, -0.05) is 19.3 Å². The average molecular weight is 423 g/mol. The van der Waals surface area contributed by atoms with E-state index in [1.54, 1.807) is 0 Å². The number of carbonyl (C=O) groups is 2. The molecule has 3 nitrogen and oxygen atoms in total. The Morgan fingerprint density at radius 1 is 0.929 bits per heavy atom. The van der Waals surface area contributed by atoms with Crippen LogP contribution >= 0.6 is 45.5 Å². The maximum absolute atomic E-state index is 10.8. The minimum atomic E-state index is 0.105. The first-order valence-corrected chi connectivity index (χ1v) is 6.90. The highest BCUT2D eigenvalue weighted by atomic mass is 127. The molecule has 82 valence electrons. The number of unbranched alkanes of at least 4 members (excludes halogenated alkanes) is 4. The van der Waals surface area contributed by atoms with Gasteiger partial charge in [-0.3, -0.25) is 13.1 Å². The summed E-state index contributed by atoms with van der Waals surface area (Å²) in [5, 5.41) is 0. The Bertz CT molecular complexity index is 186. The van der Waals surface area contributed by atoms with E-state index in [-0.39, 0.29) is 9.70 Å². The number of halogens is 2. The molecule has 0 bridgehead atoms. The van der Waals surface area contributed by atoms with Crippen LogP contribution in [0.5, 0.6) is 0 Å². The first-order chi connectivity index (χ1) is 6.66. The molecule has 0 rings (SSSR count). The first kappa shape index (κ1) is 14.6. The zero-order valence-electron chi connectivity index (χ0n) is 8.02. The van der Waals surface area contributed by atoms with Crippen molar-refractivity contribution in [2.45, 2.75) is 44.9 Å². The second-order valence-corrected chi connectivity index (χ2v) is 4.88. The standard InChI is InChI=1S/C9H15I2NO2/c10-8(13)6-4-2-1-3-5-7-9(14)12-11/h1-7H2,(H,12,14). The number of hydrogen-bond donors (Lipinski definition) is 1. The van der Waals surface area contributed by atoms with E-state index in [0.29, 0.717) is 12.8 Å². The van der Waals surface area contributed by atoms with Crippen LogP contribution in [0.1, 0.15) is 44.9 Å². The molecule has 0 aliphatic heterocycles. The van der Waals surface area contributed by atoms with Gasteiger partial charge in [0.1, 0.15) is 0 Å². The normalized spacial score (nSPS) is 9.86. The second-order valence-electron chi connectivity index (χ2n) is 3.14. The highest BCUT2D eigenvalue weighted by Gasteiger charge is 1.98. The van der Waals surface area contributed by atoms with E-state index in [0.717, 1.165) is 32.1 Å². The molecule has 0 aromatic rings. The first-order valence-electron chi connectivity index (χ1n) is 4.74. The van der Waals surface area contributed by atoms with Gasteiger partial charge in [0.2, 0.25) is 5.91 Å². The maximum atomic E-state index is 10.8. The van der Waals surface area contributed by atoms with Crippen LogP contribution in [0, 0.1) is 0 Å². The summed E-state index contributed by atoms with van der Waals surface area (Å²) in [6, 6.07) is 0. The summed E-state index contributed by atoms with van der Waals surface area (Å²) in [6.45, 7) is 0. The van der Waals surface area contributed by atoms with Crippen molar-refractivity contribution in [1.82, 2.24) is 3.53 Å². The van der Waals surface area contributed by atoms with Crippen LogP contribution in [0.3, 0.4) is 0 Å². The molecule has 0 heterocycles. The van der Waals surface area contributed by atoms with Crippen LogP contribution in [0.15, 0.2) is 0 Å². The van der Waals surface area contributed by atoms with Crippen molar-refractivity contribution < 1.29 is 9.59 Å². The van der Waals surface area contributed by atoms with Crippen LogP contribution in [0.2, 0.25) is 0 Å². The summed E-state index contributed by atoms with van der Waals surface area (Å²) in [5.74, 6) is 0.105. The van der Waals surface area contributed by atoms with Crippen LogP contribution in [-0.2, 0) is 9.59 Å². The van der Waals surface area contributed by atoms with Gasteiger partial charge >= 0.3 is 0 Å². The summed E-state index contributed by atoms with van der Waals surface area (Å²) >= 11 is 3.69. The Hall–Kier alpha value is 0.600. The Morgan fingerprint density at radius 3 is 1.93 bits per heavy atom. The van der Waals surface area contributed by atoms with E-state index in [2.05, 4.69) is 3.53 Å². The minimum absolute atomic E-state index is 0.105. The number of nitrogens with one attached hydrogen (secondary N) is 1. The van der Waals surface area contributed by atoms with Gasteiger partial charge < -0.3 is 0 Å². The zero-order valence-corrected chi connectivity index (χ0v) is 12.3. The lowest BCUT2D eigenvalue weighted by Crippen LogP contribution is -2.10. The van der Waals surface area contributed by atoms with E-state index in [4.69, 9.17) is 0 Å². The SMILES string of the molecule is O=C(I)CCCCCCCC(=O)NI. The quantitative estimate of drug-likeness (QED) is 0.282. The van der Waals surface area contributed by atoms with Gasteiger partial charge in [0, 0.05) is 12.8 Å². The zero-order chi connectivity index (χ0) is 10.8. The topological polar surface area (TPSA) is 46.2 Å². The van der Waals surface area contributed by atoms with Crippen LogP contribution in [0.25, 0.3) is 0 Å². The molecule has 1 N–H and O–H groups in total. The summed E-state index contributed by atoms with van der Waals surface area (Å²) in [5.41, 5.74) is 0. The fourth-order valence-corrected chi connectivity index (χ4v) is 1.78. The third-order valence-corrected chi connectivity index (χ3v) is 3.02. The summed E-state index contributed by atoms with van der Waals surface area (Å²) < 4.78 is 2.81. The van der Waals surface area contributed by atoms with Gasteiger partial charge in [-0.2, -0.15) is 0 Å². The van der Waals surface area contributed by atoms with Crippen LogP contribution in [-0.4, -0.2) is 9.70 Å². The molecule has 0 aliphatic rings. The van der Waals surface area contributed by atoms with E-state index >= 15 is 0 Å². The number of hydrogen-bond acceptors (Lipinski definition) is 2. The predicted octanol–water partition coefficient (Wildman–Crippen LogP) is 3.14. The molecule has 0 atom stereocenters. The van der Waals surface area contributed by atoms with Gasteiger partial charge in [-0.05, 0) is 35.4 Å². The largest absolute Gasteiger partial charge is 0.299 e. The molecule has 0 aromatic heterocycles. The molecule has 0 saturated carbocycles. The molecule has 1 amide bonds. The van der Waals surface area contributed by atoms with Gasteiger partial charge in [0.15, 0.2) is 3.79 Å². The van der Waals surface area contributed by atoms with Crippen molar-refractivity contribution in [3.8, 4) is 0 Å². The van der Waals surface area contributed by atoms with Gasteiger partial charge in [-0.25, -0.2) is 0 Å². The third kappa shape index (κ3) is 10.7. The molecular formula is C9H15I2NO2. The Balaban J connectivity index is 3.06. The maximum Gasteiger partial charge on any atom is 0.228 e. The molecular weight excluding hydrogens is 408 g/mol. The molecule has 0 saturated heterocycles. The van der Waals surface area contributed by atoms with Crippen molar-refractivity contribution in [3.63, 3.8) is 0 Å². The molecule has 0 aromatic carbocycles. The summed E-state index contributed by atoms with van der Waals surface area (Å²) in [4.78, 5) is 21.4. The molecule has 0 fully saturated rings. The number of carbonyl (C=O) groups excluding carboxylic acids is 2. The average Bonchev–Trinajstić information content (AvgIpc) is 2.15. The van der Waals surface area contributed by atoms with E-state index < -0.39 is 0 Å². The lowest BCUT2D eigenvalue weighted by atomic mass is 10.1. The molecule has 0 spiro atoms. The van der Waals surface area contributed by atoms with Crippen molar-refractivity contribution >= 4 is 55.2 Å². The highest BCUT2D eigenvalue weighted by molar-refractivity contribution is 14.1.